The molecule has 0 saturated heterocycles. The lowest BCUT2D eigenvalue weighted by Crippen LogP contribution is -2.30. The highest BCUT2D eigenvalue weighted by molar-refractivity contribution is 7.09. The van der Waals surface area contributed by atoms with E-state index in [1.807, 2.05) is 17.5 Å². The third-order valence-electron chi connectivity index (χ3n) is 2.84. The van der Waals surface area contributed by atoms with Crippen LogP contribution in [-0.2, 0) is 17.9 Å². The maximum Gasteiger partial charge on any atom is 0.260 e. The summed E-state index contributed by atoms with van der Waals surface area (Å²) in [5.74, 6) is 0.516. The molecule has 2 rings (SSSR count). The highest BCUT2D eigenvalue weighted by Gasteiger charge is 2.10. The molecule has 0 unspecified atom stereocenters. The molecule has 0 spiro atoms. The van der Waals surface area contributed by atoms with Crippen LogP contribution in [0.1, 0.15) is 10.4 Å². The Morgan fingerprint density at radius 3 is 2.90 bits per heavy atom. The molecule has 20 heavy (non-hydrogen) atoms. The van der Waals surface area contributed by atoms with Crippen LogP contribution in [0.4, 0.5) is 0 Å². The molecule has 0 aliphatic heterocycles. The summed E-state index contributed by atoms with van der Waals surface area (Å²) in [6.07, 6.45) is 0. The Hall–Kier alpha value is -1.85. The first-order valence-electron chi connectivity index (χ1n) is 6.28. The van der Waals surface area contributed by atoms with Gasteiger partial charge in [0.25, 0.3) is 5.91 Å². The van der Waals surface area contributed by atoms with Gasteiger partial charge in [-0.1, -0.05) is 18.2 Å². The summed E-state index contributed by atoms with van der Waals surface area (Å²) in [7, 11) is 1.76. The van der Waals surface area contributed by atoms with Crippen LogP contribution in [-0.4, -0.2) is 29.6 Å². The normalized spacial score (nSPS) is 10.3. The van der Waals surface area contributed by atoms with Gasteiger partial charge in [-0.05, 0) is 29.1 Å². The fourth-order valence-electron chi connectivity index (χ4n) is 1.71. The van der Waals surface area contributed by atoms with Crippen LogP contribution in [0.5, 0.6) is 5.75 Å². The van der Waals surface area contributed by atoms with Crippen LogP contribution in [0, 0.1) is 0 Å². The van der Waals surface area contributed by atoms with Crippen molar-refractivity contribution in [1.82, 2.24) is 4.90 Å². The predicted octanol–water partition coefficient (Wildman–Crippen LogP) is 2.28. The molecule has 106 valence electrons. The molecule has 0 atom stereocenters. The molecular formula is C15H17NO3S. The average molecular weight is 291 g/mol. The molecule has 4 nitrogen and oxygen atoms in total. The summed E-state index contributed by atoms with van der Waals surface area (Å²) in [6, 6.07) is 11.1. The van der Waals surface area contributed by atoms with Crippen molar-refractivity contribution in [1.29, 1.82) is 0 Å². The molecular weight excluding hydrogens is 274 g/mol. The van der Waals surface area contributed by atoms with Gasteiger partial charge in [0.1, 0.15) is 5.75 Å². The standard InChI is InChI=1S/C15H17NO3S/c1-16(9-14-6-3-7-20-14)15(18)11-19-13-5-2-4-12(8-13)10-17/h2-8,17H,9-11H2,1H3. The van der Waals surface area contributed by atoms with Crippen molar-refractivity contribution in [2.75, 3.05) is 13.7 Å². The number of carbonyl (C=O) groups is 1. The smallest absolute Gasteiger partial charge is 0.260 e. The van der Waals surface area contributed by atoms with Gasteiger partial charge < -0.3 is 14.7 Å². The zero-order chi connectivity index (χ0) is 14.4. The van der Waals surface area contributed by atoms with E-state index < -0.39 is 0 Å². The fraction of sp³-hybridized carbons (Fsp3) is 0.267. The first kappa shape index (κ1) is 14.6. The van der Waals surface area contributed by atoms with Crippen LogP contribution in [0.3, 0.4) is 0 Å². The van der Waals surface area contributed by atoms with Gasteiger partial charge in [-0.25, -0.2) is 0 Å². The molecule has 1 amide bonds. The largest absolute Gasteiger partial charge is 0.484 e. The summed E-state index contributed by atoms with van der Waals surface area (Å²) < 4.78 is 5.45. The number of aliphatic hydroxyl groups is 1. The van der Waals surface area contributed by atoms with Crippen LogP contribution in [0.25, 0.3) is 0 Å². The molecule has 2 aromatic rings. The Morgan fingerprint density at radius 2 is 2.20 bits per heavy atom. The van der Waals surface area contributed by atoms with E-state index in [9.17, 15) is 4.79 Å². The predicted molar refractivity (Wildman–Crippen MR) is 78.7 cm³/mol. The second kappa shape index (κ2) is 7.07. The molecule has 0 aliphatic rings. The van der Waals surface area contributed by atoms with Gasteiger partial charge in [0, 0.05) is 11.9 Å². The number of rotatable bonds is 6. The number of likely N-dealkylation sites (N-methyl/N-ethyl adjacent to an activating group) is 1. The first-order valence-corrected chi connectivity index (χ1v) is 7.16. The van der Waals surface area contributed by atoms with Crippen molar-refractivity contribution in [2.24, 2.45) is 0 Å². The van der Waals surface area contributed by atoms with Crippen molar-refractivity contribution in [3.8, 4) is 5.75 Å². The second-order valence-electron chi connectivity index (χ2n) is 4.42. The van der Waals surface area contributed by atoms with Gasteiger partial charge in [0.05, 0.1) is 13.2 Å². The second-order valence-corrected chi connectivity index (χ2v) is 5.46. The Kier molecular flexibility index (Phi) is 5.15. The van der Waals surface area contributed by atoms with Crippen molar-refractivity contribution in [3.05, 3.63) is 52.2 Å². The quantitative estimate of drug-likeness (QED) is 0.888. The molecule has 1 heterocycles. The number of hydrogen-bond donors (Lipinski definition) is 1. The Bertz CT molecular complexity index is 554. The number of benzene rings is 1. The SMILES string of the molecule is CN(Cc1cccs1)C(=O)COc1cccc(CO)c1. The van der Waals surface area contributed by atoms with Gasteiger partial charge in [0.2, 0.25) is 0 Å². The Morgan fingerprint density at radius 1 is 1.35 bits per heavy atom. The first-order chi connectivity index (χ1) is 9.69. The van der Waals surface area contributed by atoms with E-state index in [-0.39, 0.29) is 19.1 Å². The molecule has 0 aliphatic carbocycles. The number of aliphatic hydroxyl groups excluding tert-OH is 1. The minimum atomic E-state index is -0.0761. The van der Waals surface area contributed by atoms with Crippen molar-refractivity contribution in [2.45, 2.75) is 13.2 Å². The maximum absolute atomic E-state index is 12.0. The molecule has 0 fully saturated rings. The molecule has 1 aromatic carbocycles. The maximum atomic E-state index is 12.0. The van der Waals surface area contributed by atoms with Crippen LogP contribution >= 0.6 is 11.3 Å². The van der Waals surface area contributed by atoms with Crippen molar-refractivity contribution < 1.29 is 14.6 Å². The van der Waals surface area contributed by atoms with E-state index in [0.29, 0.717) is 12.3 Å². The van der Waals surface area contributed by atoms with Gasteiger partial charge in [0.15, 0.2) is 6.61 Å². The molecule has 5 heteroatoms. The van der Waals surface area contributed by atoms with Gasteiger partial charge in [-0.3, -0.25) is 4.79 Å². The number of hydrogen-bond acceptors (Lipinski definition) is 4. The third-order valence-corrected chi connectivity index (χ3v) is 3.70. The summed E-state index contributed by atoms with van der Waals surface area (Å²) in [5.41, 5.74) is 0.766. The highest BCUT2D eigenvalue weighted by Crippen LogP contribution is 2.14. The summed E-state index contributed by atoms with van der Waals surface area (Å²) >= 11 is 1.63. The van der Waals surface area contributed by atoms with E-state index in [4.69, 9.17) is 9.84 Å². The van der Waals surface area contributed by atoms with Gasteiger partial charge in [-0.15, -0.1) is 11.3 Å². The lowest BCUT2D eigenvalue weighted by Gasteiger charge is -2.16. The van der Waals surface area contributed by atoms with Crippen LogP contribution in [0.2, 0.25) is 0 Å². The van der Waals surface area contributed by atoms with E-state index in [1.165, 1.54) is 0 Å². The number of ether oxygens (including phenoxy) is 1. The number of thiophene rings is 1. The van der Waals surface area contributed by atoms with E-state index in [0.717, 1.165) is 10.4 Å². The molecule has 0 bridgehead atoms. The van der Waals surface area contributed by atoms with Crippen molar-refractivity contribution >= 4 is 17.2 Å². The minimum absolute atomic E-state index is 0.00322. The Balaban J connectivity index is 1.84. The number of carbonyl (C=O) groups excluding carboxylic acids is 1. The van der Waals surface area contributed by atoms with E-state index in [1.54, 1.807) is 47.5 Å². The number of nitrogens with zero attached hydrogens (tertiary/aromatic N) is 1. The van der Waals surface area contributed by atoms with E-state index >= 15 is 0 Å². The van der Waals surface area contributed by atoms with Crippen LogP contribution < -0.4 is 4.74 Å². The zero-order valence-electron chi connectivity index (χ0n) is 11.3. The summed E-state index contributed by atoms with van der Waals surface area (Å²) in [4.78, 5) is 14.7. The molecule has 1 N–H and O–H groups in total. The topological polar surface area (TPSA) is 49.8 Å². The van der Waals surface area contributed by atoms with E-state index in [2.05, 4.69) is 0 Å². The minimum Gasteiger partial charge on any atom is -0.484 e. The zero-order valence-corrected chi connectivity index (χ0v) is 12.1. The molecule has 0 radical (unpaired) electrons. The third kappa shape index (κ3) is 4.08. The lowest BCUT2D eigenvalue weighted by atomic mass is 10.2. The summed E-state index contributed by atoms with van der Waals surface area (Å²) in [6.45, 7) is 0.552. The lowest BCUT2D eigenvalue weighted by molar-refractivity contribution is -0.132. The van der Waals surface area contributed by atoms with Crippen molar-refractivity contribution in [3.63, 3.8) is 0 Å². The van der Waals surface area contributed by atoms with Gasteiger partial charge >= 0.3 is 0 Å². The monoisotopic (exact) mass is 291 g/mol. The molecule has 0 saturated carbocycles. The average Bonchev–Trinajstić information content (AvgIpc) is 2.97. The summed E-state index contributed by atoms with van der Waals surface area (Å²) in [5, 5.41) is 11.0. The number of amides is 1. The molecule has 1 aromatic heterocycles. The van der Waals surface area contributed by atoms with Crippen LogP contribution in [0.15, 0.2) is 41.8 Å². The van der Waals surface area contributed by atoms with Gasteiger partial charge in [-0.2, -0.15) is 0 Å². The Labute approximate surface area is 122 Å². The fourth-order valence-corrected chi connectivity index (χ4v) is 2.47. The highest BCUT2D eigenvalue weighted by atomic mass is 32.1.